The van der Waals surface area contributed by atoms with Crippen LogP contribution < -0.4 is 20.7 Å². The van der Waals surface area contributed by atoms with Gasteiger partial charge in [0.25, 0.3) is 0 Å². The summed E-state index contributed by atoms with van der Waals surface area (Å²) in [4.78, 5) is 0. The lowest BCUT2D eigenvalue weighted by Crippen LogP contribution is -2.56. The van der Waals surface area contributed by atoms with Crippen molar-refractivity contribution < 1.29 is 18.1 Å². The molecule has 0 atom stereocenters. The molecular formula is C31H37O4PSi2. The van der Waals surface area contributed by atoms with Crippen molar-refractivity contribution in [1.29, 1.82) is 0 Å². The quantitative estimate of drug-likeness (QED) is 0.159. The third-order valence-electron chi connectivity index (χ3n) is 7.57. The number of phosphoric ester groups is 1. The minimum atomic E-state index is -3.69. The monoisotopic (exact) mass is 560 g/mol. The molecule has 0 aliphatic carbocycles. The van der Waals surface area contributed by atoms with E-state index in [1.165, 1.54) is 27.9 Å². The first-order valence-corrected chi connectivity index (χ1v) is 19.9. The second-order valence-corrected chi connectivity index (χ2v) is 20.3. The Bertz CT molecular complexity index is 1130. The molecule has 198 valence electrons. The Balaban J connectivity index is 1.44. The minimum absolute atomic E-state index is 0.295. The van der Waals surface area contributed by atoms with E-state index in [2.05, 4.69) is 110 Å². The molecule has 0 fully saturated rings. The number of benzene rings is 4. The molecule has 0 unspecified atom stereocenters. The highest BCUT2D eigenvalue weighted by molar-refractivity contribution is 7.48. The van der Waals surface area contributed by atoms with Crippen molar-refractivity contribution in [2.24, 2.45) is 0 Å². The van der Waals surface area contributed by atoms with Gasteiger partial charge in [-0.25, -0.2) is 4.57 Å². The first-order chi connectivity index (χ1) is 18.4. The first-order valence-electron chi connectivity index (χ1n) is 13.1. The molecule has 0 saturated carbocycles. The van der Waals surface area contributed by atoms with Crippen LogP contribution in [0.4, 0.5) is 0 Å². The molecule has 0 aliphatic heterocycles. The van der Waals surface area contributed by atoms with Gasteiger partial charge in [0, 0.05) is 7.11 Å². The number of phosphoric acid groups is 1. The summed E-state index contributed by atoms with van der Waals surface area (Å²) in [6.07, 6.45) is 0. The predicted octanol–water partition coefficient (Wildman–Crippen LogP) is 5.56. The number of hydrogen-bond acceptors (Lipinski definition) is 4. The predicted molar refractivity (Wildman–Crippen MR) is 164 cm³/mol. The molecule has 4 nitrogen and oxygen atoms in total. The van der Waals surface area contributed by atoms with Crippen molar-refractivity contribution >= 4 is 44.7 Å². The van der Waals surface area contributed by atoms with Crippen molar-refractivity contribution in [3.8, 4) is 0 Å². The summed E-state index contributed by atoms with van der Waals surface area (Å²) in [6, 6.07) is 43.8. The molecule has 0 N–H and O–H groups in total. The van der Waals surface area contributed by atoms with Crippen LogP contribution in [0, 0.1) is 0 Å². The topological polar surface area (TPSA) is 44.8 Å². The summed E-state index contributed by atoms with van der Waals surface area (Å²) in [6.45, 7) is 5.25. The van der Waals surface area contributed by atoms with Crippen molar-refractivity contribution in [2.75, 3.05) is 20.3 Å². The average Bonchev–Trinajstić information content (AvgIpc) is 2.99. The molecular weight excluding hydrogens is 523 g/mol. The molecule has 0 aliphatic rings. The third-order valence-corrected chi connectivity index (χ3v) is 17.9. The molecule has 0 saturated heterocycles. The van der Waals surface area contributed by atoms with Gasteiger partial charge in [-0.3, -0.25) is 13.6 Å². The second-order valence-electron chi connectivity index (χ2n) is 9.92. The minimum Gasteiger partial charge on any atom is -0.290 e. The zero-order valence-electron chi connectivity index (χ0n) is 22.5. The maximum atomic E-state index is 13.5. The zero-order valence-corrected chi connectivity index (χ0v) is 25.4. The van der Waals surface area contributed by atoms with Crippen molar-refractivity contribution in [1.82, 2.24) is 0 Å². The molecule has 0 radical (unpaired) electrons. The van der Waals surface area contributed by atoms with Gasteiger partial charge in [-0.2, -0.15) is 0 Å². The van der Waals surface area contributed by atoms with E-state index >= 15 is 0 Å². The van der Waals surface area contributed by atoms with E-state index in [-0.39, 0.29) is 0 Å². The molecule has 4 aromatic rings. The van der Waals surface area contributed by atoms with Crippen molar-refractivity contribution in [2.45, 2.75) is 25.2 Å². The van der Waals surface area contributed by atoms with Gasteiger partial charge < -0.3 is 0 Å². The molecule has 0 amide bonds. The van der Waals surface area contributed by atoms with Gasteiger partial charge in [-0.15, -0.1) is 0 Å². The fourth-order valence-corrected chi connectivity index (χ4v) is 12.8. The molecule has 0 spiro atoms. The first kappa shape index (κ1) is 28.4. The maximum Gasteiger partial charge on any atom is 0.474 e. The van der Waals surface area contributed by atoms with Crippen LogP contribution in [0.25, 0.3) is 0 Å². The highest BCUT2D eigenvalue weighted by Gasteiger charge is 2.35. The Labute approximate surface area is 229 Å². The molecule has 4 aromatic carbocycles. The SMILES string of the molecule is COP(=O)(OCC[Si](C)(c1ccccc1)c1ccccc1)OCC[Si](C)(c1ccccc1)c1ccccc1. The van der Waals surface area contributed by atoms with Gasteiger partial charge in [-0.1, -0.05) is 155 Å². The van der Waals surface area contributed by atoms with Crippen LogP contribution in [0.3, 0.4) is 0 Å². The Morgan fingerprint density at radius 2 is 0.789 bits per heavy atom. The zero-order chi connectivity index (χ0) is 26.9. The van der Waals surface area contributed by atoms with Crippen molar-refractivity contribution in [3.05, 3.63) is 121 Å². The van der Waals surface area contributed by atoms with Crippen LogP contribution >= 0.6 is 7.82 Å². The van der Waals surface area contributed by atoms with Gasteiger partial charge in [0.1, 0.15) is 16.1 Å². The normalized spacial score (nSPS) is 12.4. The summed E-state index contributed by atoms with van der Waals surface area (Å²) in [7, 11) is -6.52. The molecule has 0 heterocycles. The van der Waals surface area contributed by atoms with Gasteiger partial charge in [0.2, 0.25) is 0 Å². The number of hydrogen-bond donors (Lipinski definition) is 0. The number of rotatable bonds is 13. The molecule has 4 rings (SSSR count). The fraction of sp³-hybridized carbons (Fsp3) is 0.226. The van der Waals surface area contributed by atoms with E-state index in [0.717, 1.165) is 12.1 Å². The Kier molecular flexibility index (Phi) is 9.71. The molecule has 0 bridgehead atoms. The van der Waals surface area contributed by atoms with Crippen LogP contribution in [0.2, 0.25) is 25.2 Å². The van der Waals surface area contributed by atoms with Crippen LogP contribution in [-0.2, 0) is 18.1 Å². The summed E-state index contributed by atoms with van der Waals surface area (Å²) >= 11 is 0. The maximum absolute atomic E-state index is 13.5. The standard InChI is InChI=1S/C31H37O4PSi2/c1-33-36(32,34-24-26-37(2,28-16-8-4-9-17-28)29-18-10-5-11-19-29)35-25-27-38(3,30-20-12-6-13-21-30)31-22-14-7-15-23-31/h4-23H,24-27H2,1-3H3. The van der Waals surface area contributed by atoms with Gasteiger partial charge >= 0.3 is 7.82 Å². The smallest absolute Gasteiger partial charge is 0.290 e. The van der Waals surface area contributed by atoms with E-state index in [4.69, 9.17) is 13.6 Å². The van der Waals surface area contributed by atoms with Crippen LogP contribution in [0.1, 0.15) is 0 Å². The lowest BCUT2D eigenvalue weighted by Gasteiger charge is -2.30. The molecule has 0 aromatic heterocycles. The lowest BCUT2D eigenvalue weighted by atomic mass is 10.4. The van der Waals surface area contributed by atoms with E-state index in [9.17, 15) is 4.57 Å². The second kappa shape index (κ2) is 13.0. The van der Waals surface area contributed by atoms with Crippen LogP contribution in [0.15, 0.2) is 121 Å². The summed E-state index contributed by atoms with van der Waals surface area (Å²) in [5.74, 6) is 0. The highest BCUT2D eigenvalue weighted by atomic mass is 31.2. The van der Waals surface area contributed by atoms with Gasteiger partial charge in [0.15, 0.2) is 0 Å². The summed E-state index contributed by atoms with van der Waals surface area (Å²) < 4.78 is 30.6. The largest absolute Gasteiger partial charge is 0.474 e. The Morgan fingerprint density at radius 1 is 0.526 bits per heavy atom. The fourth-order valence-electron chi connectivity index (χ4n) is 5.00. The van der Waals surface area contributed by atoms with Gasteiger partial charge in [-0.05, 0) is 12.1 Å². The van der Waals surface area contributed by atoms with E-state index in [1.807, 2.05) is 24.3 Å². The summed E-state index contributed by atoms with van der Waals surface area (Å²) in [5, 5.41) is 5.26. The Morgan fingerprint density at radius 3 is 1.03 bits per heavy atom. The highest BCUT2D eigenvalue weighted by Crippen LogP contribution is 2.49. The van der Waals surface area contributed by atoms with E-state index in [1.54, 1.807) is 0 Å². The van der Waals surface area contributed by atoms with E-state index < -0.39 is 24.0 Å². The molecule has 7 heteroatoms. The Hall–Kier alpha value is -2.58. The third kappa shape index (κ3) is 6.70. The van der Waals surface area contributed by atoms with Crippen LogP contribution in [0.5, 0.6) is 0 Å². The van der Waals surface area contributed by atoms with E-state index in [0.29, 0.717) is 13.2 Å². The lowest BCUT2D eigenvalue weighted by molar-refractivity contribution is 0.141. The van der Waals surface area contributed by atoms with Gasteiger partial charge in [0.05, 0.1) is 13.2 Å². The average molecular weight is 561 g/mol. The summed E-state index contributed by atoms with van der Waals surface area (Å²) in [5.41, 5.74) is 0. The van der Waals surface area contributed by atoms with Crippen molar-refractivity contribution in [3.63, 3.8) is 0 Å². The van der Waals surface area contributed by atoms with Crippen LogP contribution in [-0.4, -0.2) is 36.5 Å². The molecule has 38 heavy (non-hydrogen) atoms.